The molecule has 5 nitrogen and oxygen atoms in total. The summed E-state index contributed by atoms with van der Waals surface area (Å²) in [4.78, 5) is 16.1. The highest BCUT2D eigenvalue weighted by Gasteiger charge is 2.10. The monoisotopic (exact) mass is 300 g/mol. The smallest absolute Gasteiger partial charge is 0.319 e. The Morgan fingerprint density at radius 3 is 2.81 bits per heavy atom. The predicted molar refractivity (Wildman–Crippen MR) is 81.0 cm³/mol. The van der Waals surface area contributed by atoms with Crippen molar-refractivity contribution in [2.24, 2.45) is 0 Å². The summed E-state index contributed by atoms with van der Waals surface area (Å²) in [6.07, 6.45) is 1.67. The molecule has 2 amide bonds. The third kappa shape index (κ3) is 3.94. The first-order valence-electron chi connectivity index (χ1n) is 6.28. The Kier molecular flexibility index (Phi) is 4.75. The highest BCUT2D eigenvalue weighted by atomic mass is 35.5. The van der Waals surface area contributed by atoms with Crippen LogP contribution in [0.5, 0.6) is 0 Å². The zero-order chi connectivity index (χ0) is 15.2. The van der Waals surface area contributed by atoms with Crippen molar-refractivity contribution in [2.75, 3.05) is 5.32 Å². The van der Waals surface area contributed by atoms with Crippen molar-refractivity contribution in [2.45, 2.75) is 13.0 Å². The molecule has 2 aromatic rings. The lowest BCUT2D eigenvalue weighted by Gasteiger charge is -2.14. The highest BCUT2D eigenvalue weighted by Crippen LogP contribution is 2.20. The number of carbonyl (C=O) groups excluding carboxylic acids is 1. The minimum Gasteiger partial charge on any atom is -0.330 e. The van der Waals surface area contributed by atoms with Gasteiger partial charge in [0.2, 0.25) is 0 Å². The van der Waals surface area contributed by atoms with Gasteiger partial charge in [0.05, 0.1) is 22.3 Å². The van der Waals surface area contributed by atoms with Crippen molar-refractivity contribution in [1.29, 1.82) is 5.26 Å². The summed E-state index contributed by atoms with van der Waals surface area (Å²) in [6.45, 7) is 1.84. The number of benzene rings is 1. The molecule has 0 spiro atoms. The minimum atomic E-state index is -0.367. The van der Waals surface area contributed by atoms with Gasteiger partial charge in [-0.05, 0) is 37.3 Å². The molecule has 0 fully saturated rings. The summed E-state index contributed by atoms with van der Waals surface area (Å²) < 4.78 is 0. The zero-order valence-electron chi connectivity index (χ0n) is 11.3. The van der Waals surface area contributed by atoms with E-state index in [1.54, 1.807) is 18.3 Å². The second-order valence-corrected chi connectivity index (χ2v) is 4.79. The van der Waals surface area contributed by atoms with E-state index in [2.05, 4.69) is 15.6 Å². The van der Waals surface area contributed by atoms with Gasteiger partial charge in [-0.2, -0.15) is 5.26 Å². The van der Waals surface area contributed by atoms with Crippen molar-refractivity contribution in [3.05, 3.63) is 58.9 Å². The maximum absolute atomic E-state index is 11.9. The van der Waals surface area contributed by atoms with E-state index in [1.165, 1.54) is 6.07 Å². The van der Waals surface area contributed by atoms with Crippen LogP contribution in [0.1, 0.15) is 24.2 Å². The van der Waals surface area contributed by atoms with Gasteiger partial charge in [0.1, 0.15) is 6.07 Å². The third-order valence-electron chi connectivity index (χ3n) is 2.83. The van der Waals surface area contributed by atoms with Crippen LogP contribution in [0.4, 0.5) is 10.5 Å². The van der Waals surface area contributed by atoms with Gasteiger partial charge in [0, 0.05) is 11.9 Å². The number of aromatic nitrogens is 1. The first kappa shape index (κ1) is 14.8. The van der Waals surface area contributed by atoms with Gasteiger partial charge in [-0.3, -0.25) is 4.98 Å². The van der Waals surface area contributed by atoms with Crippen LogP contribution >= 0.6 is 11.6 Å². The normalized spacial score (nSPS) is 11.3. The van der Waals surface area contributed by atoms with Crippen LogP contribution in [0.3, 0.4) is 0 Å². The predicted octanol–water partition coefficient (Wildman–Crippen LogP) is 3.49. The largest absolute Gasteiger partial charge is 0.330 e. The standard InChI is InChI=1S/C15H13ClN4O/c1-10(14-4-2-3-7-18-14)19-15(21)20-12-6-5-11(9-17)13(16)8-12/h2-8,10H,1H3,(H2,19,20,21). The fourth-order valence-electron chi connectivity index (χ4n) is 1.75. The Bertz CT molecular complexity index is 682. The maximum atomic E-state index is 11.9. The highest BCUT2D eigenvalue weighted by molar-refractivity contribution is 6.32. The van der Waals surface area contributed by atoms with Crippen molar-refractivity contribution in [3.8, 4) is 6.07 Å². The third-order valence-corrected chi connectivity index (χ3v) is 3.14. The van der Waals surface area contributed by atoms with Crippen LogP contribution in [-0.4, -0.2) is 11.0 Å². The van der Waals surface area contributed by atoms with Crippen molar-refractivity contribution < 1.29 is 4.79 Å². The number of urea groups is 1. The molecule has 6 heteroatoms. The molecule has 2 N–H and O–H groups in total. The Balaban J connectivity index is 1.99. The summed E-state index contributed by atoms with van der Waals surface area (Å²) in [7, 11) is 0. The molecule has 1 heterocycles. The molecule has 1 unspecified atom stereocenters. The summed E-state index contributed by atoms with van der Waals surface area (Å²) in [5, 5.41) is 14.5. The lowest BCUT2D eigenvalue weighted by molar-refractivity contribution is 0.249. The molecule has 0 radical (unpaired) electrons. The van der Waals surface area contributed by atoms with Gasteiger partial charge in [0.25, 0.3) is 0 Å². The molecule has 21 heavy (non-hydrogen) atoms. The second-order valence-electron chi connectivity index (χ2n) is 4.38. The number of rotatable bonds is 3. The lowest BCUT2D eigenvalue weighted by Crippen LogP contribution is -2.31. The van der Waals surface area contributed by atoms with Crippen LogP contribution in [0, 0.1) is 11.3 Å². The fourth-order valence-corrected chi connectivity index (χ4v) is 1.98. The molecule has 1 aromatic heterocycles. The molecular weight excluding hydrogens is 288 g/mol. The van der Waals surface area contributed by atoms with Crippen LogP contribution in [0.2, 0.25) is 5.02 Å². The zero-order valence-corrected chi connectivity index (χ0v) is 12.1. The number of nitrogens with zero attached hydrogens (tertiary/aromatic N) is 2. The molecule has 106 valence electrons. The molecule has 0 saturated heterocycles. The molecule has 0 aliphatic carbocycles. The molecular formula is C15H13ClN4O. The van der Waals surface area contributed by atoms with E-state index in [4.69, 9.17) is 16.9 Å². The van der Waals surface area contributed by atoms with E-state index in [0.717, 1.165) is 5.69 Å². The average molecular weight is 301 g/mol. The number of anilines is 1. The van der Waals surface area contributed by atoms with Gasteiger partial charge < -0.3 is 10.6 Å². The molecule has 0 aliphatic rings. The maximum Gasteiger partial charge on any atom is 0.319 e. The second kappa shape index (κ2) is 6.73. The SMILES string of the molecule is CC(NC(=O)Nc1ccc(C#N)c(Cl)c1)c1ccccn1. The van der Waals surface area contributed by atoms with Crippen LogP contribution in [0.25, 0.3) is 0 Å². The summed E-state index contributed by atoms with van der Waals surface area (Å²) in [6, 6.07) is 11.6. The van der Waals surface area contributed by atoms with Gasteiger partial charge >= 0.3 is 6.03 Å². The number of halogens is 1. The Morgan fingerprint density at radius 1 is 1.38 bits per heavy atom. The number of amides is 2. The quantitative estimate of drug-likeness (QED) is 0.910. The van der Waals surface area contributed by atoms with E-state index in [1.807, 2.05) is 31.2 Å². The molecule has 1 aromatic carbocycles. The molecule has 0 aliphatic heterocycles. The van der Waals surface area contributed by atoms with E-state index in [0.29, 0.717) is 16.3 Å². The lowest BCUT2D eigenvalue weighted by atomic mass is 10.2. The number of pyridine rings is 1. The van der Waals surface area contributed by atoms with Gasteiger partial charge in [-0.15, -0.1) is 0 Å². The Morgan fingerprint density at radius 2 is 2.19 bits per heavy atom. The summed E-state index contributed by atoms with van der Waals surface area (Å²) in [5.74, 6) is 0. The Labute approximate surface area is 127 Å². The Hall–Kier alpha value is -2.58. The average Bonchev–Trinajstić information content (AvgIpc) is 2.48. The van der Waals surface area contributed by atoms with Crippen LogP contribution < -0.4 is 10.6 Å². The van der Waals surface area contributed by atoms with E-state index >= 15 is 0 Å². The van der Waals surface area contributed by atoms with E-state index < -0.39 is 0 Å². The molecule has 0 saturated carbocycles. The van der Waals surface area contributed by atoms with Gasteiger partial charge in [0.15, 0.2) is 0 Å². The molecule has 0 bridgehead atoms. The van der Waals surface area contributed by atoms with Gasteiger partial charge in [-0.25, -0.2) is 4.79 Å². The van der Waals surface area contributed by atoms with Crippen molar-refractivity contribution >= 4 is 23.3 Å². The topological polar surface area (TPSA) is 77.8 Å². The van der Waals surface area contributed by atoms with Gasteiger partial charge in [-0.1, -0.05) is 17.7 Å². The van der Waals surface area contributed by atoms with Crippen molar-refractivity contribution in [1.82, 2.24) is 10.3 Å². The first-order chi connectivity index (χ1) is 10.1. The van der Waals surface area contributed by atoms with E-state index in [9.17, 15) is 4.79 Å². The molecule has 1 atom stereocenters. The number of carbonyl (C=O) groups is 1. The fraction of sp³-hybridized carbons (Fsp3) is 0.133. The first-order valence-corrected chi connectivity index (χ1v) is 6.66. The van der Waals surface area contributed by atoms with Crippen molar-refractivity contribution in [3.63, 3.8) is 0 Å². The van der Waals surface area contributed by atoms with E-state index in [-0.39, 0.29) is 12.1 Å². The number of hydrogen-bond acceptors (Lipinski definition) is 3. The van der Waals surface area contributed by atoms with Crippen LogP contribution in [0.15, 0.2) is 42.6 Å². The minimum absolute atomic E-state index is 0.222. The number of nitrogens with one attached hydrogen (secondary N) is 2. The summed E-state index contributed by atoms with van der Waals surface area (Å²) in [5.41, 5.74) is 1.65. The number of hydrogen-bond donors (Lipinski definition) is 2. The van der Waals surface area contributed by atoms with Crippen LogP contribution in [-0.2, 0) is 0 Å². The molecule has 2 rings (SSSR count). The summed E-state index contributed by atoms with van der Waals surface area (Å²) >= 11 is 5.91. The number of nitriles is 1.